The minimum Gasteiger partial charge on any atom is -0.373 e. The van der Waals surface area contributed by atoms with Gasteiger partial charge in [-0.15, -0.1) is 0 Å². The number of benzene rings is 2. The number of ether oxygens (including phenoxy) is 1. The number of amides is 2. The lowest BCUT2D eigenvalue weighted by molar-refractivity contribution is -0.140. The summed E-state index contributed by atoms with van der Waals surface area (Å²) in [6, 6.07) is 10.5. The minimum absolute atomic E-state index is 0.189. The Bertz CT molecular complexity index is 1370. The van der Waals surface area contributed by atoms with Gasteiger partial charge in [0.1, 0.15) is 11.9 Å². The number of halogens is 1. The van der Waals surface area contributed by atoms with E-state index < -0.39 is 17.7 Å². The molecule has 2 aliphatic heterocycles. The maximum Gasteiger partial charge on any atom is 0.342 e. The number of anilines is 1. The van der Waals surface area contributed by atoms with Gasteiger partial charge >= 0.3 is 6.03 Å². The summed E-state index contributed by atoms with van der Waals surface area (Å²) >= 11 is 0. The Morgan fingerprint density at radius 3 is 2.75 bits per heavy atom. The van der Waals surface area contributed by atoms with E-state index in [9.17, 15) is 19.1 Å². The molecule has 1 aromatic heterocycles. The molecule has 0 saturated carbocycles. The third-order valence-electron chi connectivity index (χ3n) is 6.36. The van der Waals surface area contributed by atoms with Crippen LogP contribution in [0, 0.1) is 17.7 Å². The van der Waals surface area contributed by atoms with E-state index in [1.54, 1.807) is 31.6 Å². The van der Waals surface area contributed by atoms with Gasteiger partial charge < -0.3 is 20.1 Å². The standard InChI is InChI=1S/C27H25FN4O4/c1-31-24-13-19(10-11-27(35)16-36-17-27)2-5-21(24)6-9-23(25(31)33)30-26(34)32-15-20(14-29-32)12-18-3-7-22(28)8-4-18/h2-5,7-8,13-15,23,35H,6,9,12,16-17H2,1H3,(H,30,34)/t23-/m1/s1. The van der Waals surface area contributed by atoms with E-state index in [0.29, 0.717) is 24.8 Å². The van der Waals surface area contributed by atoms with Crippen molar-refractivity contribution < 1.29 is 23.8 Å². The molecular weight excluding hydrogens is 463 g/mol. The van der Waals surface area contributed by atoms with Crippen LogP contribution in [-0.2, 0) is 22.4 Å². The van der Waals surface area contributed by atoms with Gasteiger partial charge in [-0.25, -0.2) is 9.18 Å². The monoisotopic (exact) mass is 488 g/mol. The molecule has 3 heterocycles. The smallest absolute Gasteiger partial charge is 0.342 e. The van der Waals surface area contributed by atoms with Crippen molar-refractivity contribution in [1.82, 2.24) is 15.1 Å². The Balaban J connectivity index is 1.26. The summed E-state index contributed by atoms with van der Waals surface area (Å²) in [5, 5.41) is 17.0. The number of likely N-dealkylation sites (N-methyl/N-ethyl adjacent to an activating group) is 1. The van der Waals surface area contributed by atoms with Gasteiger partial charge in [0, 0.05) is 30.9 Å². The summed E-state index contributed by atoms with van der Waals surface area (Å²) in [5.74, 6) is 5.24. The quantitative estimate of drug-likeness (QED) is 0.552. The van der Waals surface area contributed by atoms with E-state index in [-0.39, 0.29) is 24.9 Å². The average molecular weight is 489 g/mol. The zero-order chi connectivity index (χ0) is 25.3. The first kappa shape index (κ1) is 23.7. The number of aromatic nitrogens is 2. The topological polar surface area (TPSA) is 96.7 Å². The molecule has 9 heteroatoms. The van der Waals surface area contributed by atoms with Gasteiger partial charge in [0.25, 0.3) is 0 Å². The number of aliphatic hydroxyl groups is 1. The van der Waals surface area contributed by atoms with E-state index in [1.165, 1.54) is 21.7 Å². The predicted molar refractivity (Wildman–Crippen MR) is 130 cm³/mol. The summed E-state index contributed by atoms with van der Waals surface area (Å²) in [7, 11) is 1.67. The molecule has 2 N–H and O–H groups in total. The van der Waals surface area contributed by atoms with E-state index in [2.05, 4.69) is 22.3 Å². The Morgan fingerprint density at radius 1 is 1.25 bits per heavy atom. The molecule has 0 aliphatic carbocycles. The van der Waals surface area contributed by atoms with E-state index in [4.69, 9.17) is 4.74 Å². The molecular formula is C27H25FN4O4. The molecule has 2 aromatic carbocycles. The highest BCUT2D eigenvalue weighted by Gasteiger charge is 2.34. The maximum absolute atomic E-state index is 13.2. The number of rotatable bonds is 3. The van der Waals surface area contributed by atoms with Gasteiger partial charge in [0.2, 0.25) is 5.91 Å². The van der Waals surface area contributed by atoms with Gasteiger partial charge in [0.15, 0.2) is 5.60 Å². The fourth-order valence-electron chi connectivity index (χ4n) is 4.25. The molecule has 1 atom stereocenters. The molecule has 8 nitrogen and oxygen atoms in total. The molecule has 3 aromatic rings. The van der Waals surface area contributed by atoms with Crippen LogP contribution in [0.5, 0.6) is 0 Å². The van der Waals surface area contributed by atoms with Crippen LogP contribution in [0.2, 0.25) is 0 Å². The molecule has 2 aliphatic rings. The molecule has 5 rings (SSSR count). The third kappa shape index (κ3) is 5.00. The number of hydrogen-bond donors (Lipinski definition) is 2. The number of nitrogens with zero attached hydrogens (tertiary/aromatic N) is 3. The van der Waals surface area contributed by atoms with Gasteiger partial charge in [-0.1, -0.05) is 30.0 Å². The van der Waals surface area contributed by atoms with Gasteiger partial charge in [-0.2, -0.15) is 9.78 Å². The van der Waals surface area contributed by atoms with Gasteiger partial charge in [0.05, 0.1) is 19.4 Å². The Kier molecular flexibility index (Phi) is 6.31. The summed E-state index contributed by atoms with van der Waals surface area (Å²) in [5.41, 5.74) is 2.95. The second kappa shape index (κ2) is 9.57. The van der Waals surface area contributed by atoms with E-state index >= 15 is 0 Å². The lowest BCUT2D eigenvalue weighted by atomic mass is 10.0. The van der Waals surface area contributed by atoms with E-state index in [0.717, 1.165) is 22.4 Å². The summed E-state index contributed by atoms with van der Waals surface area (Å²) in [6.07, 6.45) is 4.72. The van der Waals surface area contributed by atoms with Crippen LogP contribution in [-0.4, -0.2) is 58.7 Å². The van der Waals surface area contributed by atoms with Crippen molar-refractivity contribution in [1.29, 1.82) is 0 Å². The Hall–Kier alpha value is -4.00. The van der Waals surface area contributed by atoms with Crippen LogP contribution in [0.4, 0.5) is 14.9 Å². The van der Waals surface area contributed by atoms with Crippen molar-refractivity contribution in [2.24, 2.45) is 0 Å². The Morgan fingerprint density at radius 2 is 2.03 bits per heavy atom. The van der Waals surface area contributed by atoms with Crippen LogP contribution in [0.25, 0.3) is 0 Å². The van der Waals surface area contributed by atoms with Crippen molar-refractivity contribution in [2.45, 2.75) is 30.9 Å². The third-order valence-corrected chi connectivity index (χ3v) is 6.36. The summed E-state index contributed by atoms with van der Waals surface area (Å²) < 4.78 is 19.3. The fraction of sp³-hybridized carbons (Fsp3) is 0.296. The number of carbonyl (C=O) groups is 2. The van der Waals surface area contributed by atoms with Crippen molar-refractivity contribution in [3.05, 3.63) is 82.9 Å². The van der Waals surface area contributed by atoms with Gasteiger partial charge in [-0.05, 0) is 53.8 Å². The highest BCUT2D eigenvalue weighted by molar-refractivity contribution is 6.00. The second-order valence-electron chi connectivity index (χ2n) is 9.15. The molecule has 184 valence electrons. The van der Waals surface area contributed by atoms with Crippen LogP contribution >= 0.6 is 0 Å². The van der Waals surface area contributed by atoms with Crippen molar-refractivity contribution in [3.8, 4) is 11.8 Å². The van der Waals surface area contributed by atoms with Crippen molar-refractivity contribution in [2.75, 3.05) is 25.2 Å². The zero-order valence-electron chi connectivity index (χ0n) is 19.7. The average Bonchev–Trinajstić information content (AvgIpc) is 3.29. The molecule has 2 amide bonds. The number of nitrogens with one attached hydrogen (secondary N) is 1. The normalized spacial score (nSPS) is 18.4. The molecule has 1 saturated heterocycles. The maximum atomic E-state index is 13.2. The predicted octanol–water partition coefficient (Wildman–Crippen LogP) is 2.26. The first-order chi connectivity index (χ1) is 17.3. The number of carbonyl (C=O) groups excluding carboxylic acids is 2. The number of aryl methyl sites for hydroxylation is 1. The van der Waals surface area contributed by atoms with E-state index in [1.807, 2.05) is 18.2 Å². The molecule has 0 radical (unpaired) electrons. The molecule has 0 spiro atoms. The minimum atomic E-state index is -1.12. The van der Waals surface area contributed by atoms with Crippen molar-refractivity contribution >= 4 is 17.6 Å². The zero-order valence-corrected chi connectivity index (χ0v) is 19.7. The fourth-order valence-corrected chi connectivity index (χ4v) is 4.25. The Labute approximate surface area is 207 Å². The van der Waals surface area contributed by atoms with Crippen LogP contribution < -0.4 is 10.2 Å². The first-order valence-electron chi connectivity index (χ1n) is 11.6. The molecule has 36 heavy (non-hydrogen) atoms. The van der Waals surface area contributed by atoms with Crippen LogP contribution in [0.3, 0.4) is 0 Å². The lowest BCUT2D eigenvalue weighted by Crippen LogP contribution is -2.48. The summed E-state index contributed by atoms with van der Waals surface area (Å²) in [4.78, 5) is 27.6. The van der Waals surface area contributed by atoms with Crippen molar-refractivity contribution in [3.63, 3.8) is 0 Å². The highest BCUT2D eigenvalue weighted by Crippen LogP contribution is 2.27. The van der Waals surface area contributed by atoms with Gasteiger partial charge in [-0.3, -0.25) is 4.79 Å². The number of fused-ring (bicyclic) bond motifs is 1. The first-order valence-corrected chi connectivity index (χ1v) is 11.6. The molecule has 0 unspecified atom stereocenters. The van der Waals surface area contributed by atoms with Crippen LogP contribution in [0.15, 0.2) is 54.9 Å². The summed E-state index contributed by atoms with van der Waals surface area (Å²) in [6.45, 7) is 0.378. The van der Waals surface area contributed by atoms with Crippen LogP contribution in [0.1, 0.15) is 28.7 Å². The largest absolute Gasteiger partial charge is 0.373 e. The second-order valence-corrected chi connectivity index (χ2v) is 9.15. The molecule has 1 fully saturated rings. The number of hydrogen-bond acceptors (Lipinski definition) is 5. The SMILES string of the molecule is CN1C(=O)[C@H](NC(=O)n2cc(Cc3ccc(F)cc3)cn2)CCc2ccc(C#CC3(O)COC3)cc21. The molecule has 0 bridgehead atoms. The lowest BCUT2D eigenvalue weighted by Gasteiger charge is -2.30. The highest BCUT2D eigenvalue weighted by atomic mass is 19.1.